The van der Waals surface area contributed by atoms with E-state index in [-0.39, 0.29) is 5.92 Å². The van der Waals surface area contributed by atoms with Gasteiger partial charge in [-0.1, -0.05) is 30.3 Å². The molecule has 1 aliphatic rings. The molecule has 0 aliphatic carbocycles. The Bertz CT molecular complexity index is 360. The molecule has 1 saturated heterocycles. The van der Waals surface area contributed by atoms with Gasteiger partial charge in [-0.05, 0) is 38.8 Å². The topological polar surface area (TPSA) is 20.3 Å². The van der Waals surface area contributed by atoms with Gasteiger partial charge >= 0.3 is 0 Å². The summed E-state index contributed by atoms with van der Waals surface area (Å²) in [4.78, 5) is 13.5. The molecule has 1 fully saturated rings. The van der Waals surface area contributed by atoms with Gasteiger partial charge < -0.3 is 4.79 Å². The summed E-state index contributed by atoms with van der Waals surface area (Å²) in [6, 6.07) is 11.5. The Kier molecular flexibility index (Phi) is 3.95. The Morgan fingerprint density at radius 3 is 2.59 bits per heavy atom. The van der Waals surface area contributed by atoms with Crippen LogP contribution in [0.4, 0.5) is 0 Å². The van der Waals surface area contributed by atoms with Crippen molar-refractivity contribution in [2.45, 2.75) is 38.8 Å². The number of nitrogens with zero attached hydrogens (tertiary/aromatic N) is 1. The molecular weight excluding hydrogens is 210 g/mol. The highest BCUT2D eigenvalue weighted by Crippen LogP contribution is 2.34. The summed E-state index contributed by atoms with van der Waals surface area (Å²) in [5, 5.41) is 0. The molecule has 0 radical (unpaired) electrons. The number of benzene rings is 1. The summed E-state index contributed by atoms with van der Waals surface area (Å²) in [6.45, 7) is 5.50. The van der Waals surface area contributed by atoms with Crippen molar-refractivity contribution < 1.29 is 4.79 Å². The van der Waals surface area contributed by atoms with E-state index in [0.717, 1.165) is 25.7 Å². The Morgan fingerprint density at radius 2 is 2.00 bits per heavy atom. The molecule has 92 valence electrons. The molecule has 2 atom stereocenters. The van der Waals surface area contributed by atoms with E-state index in [1.54, 1.807) is 0 Å². The molecule has 2 heteroatoms. The zero-order chi connectivity index (χ0) is 12.3. The molecule has 1 aromatic carbocycles. The van der Waals surface area contributed by atoms with Gasteiger partial charge in [-0.3, -0.25) is 4.90 Å². The number of carbonyl (C=O) groups excluding carboxylic acids is 1. The molecule has 1 heterocycles. The summed E-state index contributed by atoms with van der Waals surface area (Å²) in [5.41, 5.74) is 1.34. The monoisotopic (exact) mass is 231 g/mol. The van der Waals surface area contributed by atoms with Crippen molar-refractivity contribution in [3.8, 4) is 0 Å². The van der Waals surface area contributed by atoms with E-state index < -0.39 is 0 Å². The Morgan fingerprint density at radius 1 is 1.29 bits per heavy atom. The SMILES string of the molecule is CC(C)N1CCC(C=O)CC1c1ccccc1. The largest absolute Gasteiger partial charge is 0.303 e. The van der Waals surface area contributed by atoms with Crippen molar-refractivity contribution in [2.24, 2.45) is 5.92 Å². The Labute approximate surface area is 104 Å². The molecular formula is C15H21NO. The second-order valence-corrected chi connectivity index (χ2v) is 5.18. The summed E-state index contributed by atoms with van der Waals surface area (Å²) in [5.74, 6) is 0.232. The maximum absolute atomic E-state index is 11.0. The van der Waals surface area contributed by atoms with Gasteiger partial charge in [-0.15, -0.1) is 0 Å². The second kappa shape index (κ2) is 5.46. The fraction of sp³-hybridized carbons (Fsp3) is 0.533. The first-order chi connectivity index (χ1) is 8.22. The lowest BCUT2D eigenvalue weighted by molar-refractivity contribution is -0.113. The van der Waals surface area contributed by atoms with E-state index in [4.69, 9.17) is 0 Å². The number of rotatable bonds is 3. The quantitative estimate of drug-likeness (QED) is 0.745. The van der Waals surface area contributed by atoms with Crippen LogP contribution in [0.3, 0.4) is 0 Å². The highest BCUT2D eigenvalue weighted by molar-refractivity contribution is 5.54. The van der Waals surface area contributed by atoms with Crippen LogP contribution in [0.2, 0.25) is 0 Å². The number of hydrogen-bond acceptors (Lipinski definition) is 2. The fourth-order valence-electron chi connectivity index (χ4n) is 2.76. The highest BCUT2D eigenvalue weighted by Gasteiger charge is 2.30. The number of carbonyl (C=O) groups is 1. The third-order valence-electron chi connectivity index (χ3n) is 3.72. The van der Waals surface area contributed by atoms with Crippen LogP contribution in [0.1, 0.15) is 38.3 Å². The van der Waals surface area contributed by atoms with Crippen molar-refractivity contribution >= 4 is 6.29 Å². The lowest BCUT2D eigenvalue weighted by atomic mass is 9.87. The molecule has 1 aliphatic heterocycles. The molecule has 0 saturated carbocycles. The molecule has 0 spiro atoms. The van der Waals surface area contributed by atoms with Crippen molar-refractivity contribution in [1.29, 1.82) is 0 Å². The highest BCUT2D eigenvalue weighted by atomic mass is 16.1. The molecule has 0 N–H and O–H groups in total. The molecule has 0 aromatic heterocycles. The van der Waals surface area contributed by atoms with Crippen LogP contribution < -0.4 is 0 Å². The lowest BCUT2D eigenvalue weighted by Gasteiger charge is -2.41. The summed E-state index contributed by atoms with van der Waals surface area (Å²) >= 11 is 0. The van der Waals surface area contributed by atoms with Crippen LogP contribution in [0.25, 0.3) is 0 Å². The van der Waals surface area contributed by atoms with Gasteiger partial charge in [0.05, 0.1) is 0 Å². The number of hydrogen-bond donors (Lipinski definition) is 0. The van der Waals surface area contributed by atoms with Crippen LogP contribution >= 0.6 is 0 Å². The molecule has 1 aromatic rings. The average Bonchev–Trinajstić information content (AvgIpc) is 2.39. The molecule has 0 bridgehead atoms. The van der Waals surface area contributed by atoms with Crippen LogP contribution in [0.5, 0.6) is 0 Å². The van der Waals surface area contributed by atoms with Crippen LogP contribution in [-0.4, -0.2) is 23.8 Å². The van der Waals surface area contributed by atoms with E-state index in [2.05, 4.69) is 43.0 Å². The third-order valence-corrected chi connectivity index (χ3v) is 3.72. The van der Waals surface area contributed by atoms with Crippen molar-refractivity contribution in [2.75, 3.05) is 6.54 Å². The normalized spacial score (nSPS) is 26.1. The van der Waals surface area contributed by atoms with Crippen molar-refractivity contribution in [3.05, 3.63) is 35.9 Å². The average molecular weight is 231 g/mol. The first-order valence-corrected chi connectivity index (χ1v) is 6.48. The summed E-state index contributed by atoms with van der Waals surface area (Å²) in [7, 11) is 0. The summed E-state index contributed by atoms with van der Waals surface area (Å²) < 4.78 is 0. The van der Waals surface area contributed by atoms with Gasteiger partial charge in [-0.25, -0.2) is 0 Å². The lowest BCUT2D eigenvalue weighted by Crippen LogP contribution is -2.41. The maximum atomic E-state index is 11.0. The first-order valence-electron chi connectivity index (χ1n) is 6.48. The standard InChI is InChI=1S/C15H21NO/c1-12(2)16-9-8-13(11-17)10-15(16)14-6-4-3-5-7-14/h3-7,11-13,15H,8-10H2,1-2H3. The minimum Gasteiger partial charge on any atom is -0.303 e. The fourth-order valence-corrected chi connectivity index (χ4v) is 2.76. The van der Waals surface area contributed by atoms with Gasteiger partial charge in [0.2, 0.25) is 0 Å². The first kappa shape index (κ1) is 12.3. The third kappa shape index (κ3) is 2.75. The van der Waals surface area contributed by atoms with Crippen LogP contribution in [0.15, 0.2) is 30.3 Å². The minimum absolute atomic E-state index is 0.232. The van der Waals surface area contributed by atoms with Crippen molar-refractivity contribution in [1.82, 2.24) is 4.90 Å². The van der Waals surface area contributed by atoms with Gasteiger partial charge in [0.15, 0.2) is 0 Å². The van der Waals surface area contributed by atoms with Gasteiger partial charge in [0.1, 0.15) is 6.29 Å². The van der Waals surface area contributed by atoms with Gasteiger partial charge in [-0.2, -0.15) is 0 Å². The Hall–Kier alpha value is -1.15. The molecule has 0 amide bonds. The minimum atomic E-state index is 0.232. The zero-order valence-electron chi connectivity index (χ0n) is 10.7. The van der Waals surface area contributed by atoms with Crippen LogP contribution in [-0.2, 0) is 4.79 Å². The van der Waals surface area contributed by atoms with E-state index in [1.165, 1.54) is 5.56 Å². The maximum Gasteiger partial charge on any atom is 0.123 e. The molecule has 2 unspecified atom stereocenters. The van der Waals surface area contributed by atoms with E-state index in [0.29, 0.717) is 12.1 Å². The summed E-state index contributed by atoms with van der Waals surface area (Å²) in [6.07, 6.45) is 3.10. The molecule has 2 rings (SSSR count). The zero-order valence-corrected chi connectivity index (χ0v) is 10.7. The Balaban J connectivity index is 2.22. The number of likely N-dealkylation sites (tertiary alicyclic amines) is 1. The van der Waals surface area contributed by atoms with E-state index in [1.807, 2.05) is 6.07 Å². The predicted molar refractivity (Wildman–Crippen MR) is 69.8 cm³/mol. The van der Waals surface area contributed by atoms with Gasteiger partial charge in [0, 0.05) is 18.0 Å². The molecule has 2 nitrogen and oxygen atoms in total. The van der Waals surface area contributed by atoms with Crippen molar-refractivity contribution in [3.63, 3.8) is 0 Å². The van der Waals surface area contributed by atoms with E-state index in [9.17, 15) is 4.79 Å². The van der Waals surface area contributed by atoms with E-state index >= 15 is 0 Å². The number of piperidine rings is 1. The second-order valence-electron chi connectivity index (χ2n) is 5.18. The predicted octanol–water partition coefficient (Wildman–Crippen LogP) is 3.05. The number of aldehydes is 1. The smallest absolute Gasteiger partial charge is 0.123 e. The molecule has 17 heavy (non-hydrogen) atoms. The van der Waals surface area contributed by atoms with Gasteiger partial charge in [0.25, 0.3) is 0 Å². The van der Waals surface area contributed by atoms with Crippen LogP contribution in [0, 0.1) is 5.92 Å².